The van der Waals surface area contributed by atoms with E-state index in [1.165, 1.54) is 0 Å². The first-order chi connectivity index (χ1) is 9.47. The van der Waals surface area contributed by atoms with E-state index in [1.807, 2.05) is 19.1 Å². The van der Waals surface area contributed by atoms with Crippen LogP contribution in [0.4, 0.5) is 0 Å². The molecule has 1 saturated heterocycles. The number of hydrogen-bond acceptors (Lipinski definition) is 3. The zero-order chi connectivity index (χ0) is 14.8. The normalized spacial score (nSPS) is 22.9. The molecule has 0 spiro atoms. The molecule has 0 aromatic heterocycles. The molecule has 20 heavy (non-hydrogen) atoms. The fraction of sp³-hybridized carbons (Fsp3) is 0.467. The third-order valence-electron chi connectivity index (χ3n) is 4.21. The van der Waals surface area contributed by atoms with Gasteiger partial charge in [-0.3, -0.25) is 14.5 Å². The van der Waals surface area contributed by atoms with Crippen molar-refractivity contribution in [1.29, 1.82) is 0 Å². The standard InChI is InChI=1S/C15H20N2O3/c1-2-15(14(19)20)7-8-17(10-15)9-11-3-5-12(6-4-11)13(16)18/h3-6H,2,7-10H2,1H3,(H2,16,18)(H,19,20). The molecule has 1 atom stereocenters. The highest BCUT2D eigenvalue weighted by Gasteiger charge is 2.42. The van der Waals surface area contributed by atoms with Crippen LogP contribution in [0.2, 0.25) is 0 Å². The van der Waals surface area contributed by atoms with Crippen molar-refractivity contribution in [3.63, 3.8) is 0 Å². The Balaban J connectivity index is 2.01. The molecule has 0 radical (unpaired) electrons. The first kappa shape index (κ1) is 14.5. The predicted molar refractivity (Wildman–Crippen MR) is 75.2 cm³/mol. The number of carbonyl (C=O) groups excluding carboxylic acids is 1. The van der Waals surface area contributed by atoms with Crippen LogP contribution in [0.15, 0.2) is 24.3 Å². The van der Waals surface area contributed by atoms with Crippen LogP contribution in [0.5, 0.6) is 0 Å². The fourth-order valence-corrected chi connectivity index (χ4v) is 2.74. The minimum Gasteiger partial charge on any atom is -0.481 e. The minimum absolute atomic E-state index is 0.436. The Kier molecular flexibility index (Phi) is 4.09. The second kappa shape index (κ2) is 5.63. The van der Waals surface area contributed by atoms with Gasteiger partial charge in [-0.05, 0) is 37.1 Å². The maximum absolute atomic E-state index is 11.4. The van der Waals surface area contributed by atoms with E-state index in [0.29, 0.717) is 31.5 Å². The van der Waals surface area contributed by atoms with Crippen molar-refractivity contribution in [2.45, 2.75) is 26.3 Å². The number of hydrogen-bond donors (Lipinski definition) is 2. The molecule has 0 saturated carbocycles. The average Bonchev–Trinajstić information content (AvgIpc) is 2.84. The van der Waals surface area contributed by atoms with Crippen molar-refractivity contribution in [1.82, 2.24) is 4.90 Å². The van der Waals surface area contributed by atoms with E-state index >= 15 is 0 Å². The highest BCUT2D eigenvalue weighted by molar-refractivity contribution is 5.92. The molecule has 0 aliphatic carbocycles. The maximum atomic E-state index is 11.4. The number of amides is 1. The molecule has 108 valence electrons. The number of carboxylic acids is 1. The lowest BCUT2D eigenvalue weighted by Crippen LogP contribution is -2.33. The molecule has 5 nitrogen and oxygen atoms in total. The molecule has 1 aromatic rings. The number of carboxylic acid groups (broad SMARTS) is 1. The second-order valence-corrected chi connectivity index (χ2v) is 5.46. The first-order valence-electron chi connectivity index (χ1n) is 6.81. The molecule has 5 heteroatoms. The molecular formula is C15H20N2O3. The van der Waals surface area contributed by atoms with Crippen molar-refractivity contribution in [3.05, 3.63) is 35.4 Å². The van der Waals surface area contributed by atoms with Crippen LogP contribution in [-0.4, -0.2) is 35.0 Å². The third-order valence-corrected chi connectivity index (χ3v) is 4.21. The number of rotatable bonds is 5. The summed E-state index contributed by atoms with van der Waals surface area (Å²) in [5.74, 6) is -1.14. The smallest absolute Gasteiger partial charge is 0.310 e. The molecule has 1 aliphatic heterocycles. The quantitative estimate of drug-likeness (QED) is 0.853. The van der Waals surface area contributed by atoms with Crippen molar-refractivity contribution in [2.75, 3.05) is 13.1 Å². The topological polar surface area (TPSA) is 83.6 Å². The number of aliphatic carboxylic acids is 1. The zero-order valence-corrected chi connectivity index (χ0v) is 11.6. The van der Waals surface area contributed by atoms with Crippen LogP contribution < -0.4 is 5.73 Å². The van der Waals surface area contributed by atoms with E-state index in [4.69, 9.17) is 5.73 Å². The number of nitrogens with two attached hydrogens (primary N) is 1. The van der Waals surface area contributed by atoms with Gasteiger partial charge in [0, 0.05) is 18.7 Å². The van der Waals surface area contributed by atoms with Gasteiger partial charge < -0.3 is 10.8 Å². The molecule has 1 fully saturated rings. The Bertz CT molecular complexity index is 512. The summed E-state index contributed by atoms with van der Waals surface area (Å²) in [4.78, 5) is 24.5. The van der Waals surface area contributed by atoms with Gasteiger partial charge in [-0.15, -0.1) is 0 Å². The number of nitrogens with zero attached hydrogens (tertiary/aromatic N) is 1. The van der Waals surface area contributed by atoms with E-state index in [2.05, 4.69) is 4.90 Å². The summed E-state index contributed by atoms with van der Waals surface area (Å²) in [6.07, 6.45) is 1.34. The van der Waals surface area contributed by atoms with Crippen molar-refractivity contribution < 1.29 is 14.7 Å². The highest BCUT2D eigenvalue weighted by atomic mass is 16.4. The molecule has 1 aromatic carbocycles. The van der Waals surface area contributed by atoms with Crippen LogP contribution in [0.1, 0.15) is 35.7 Å². The molecule has 3 N–H and O–H groups in total. The molecular weight excluding hydrogens is 256 g/mol. The van der Waals surface area contributed by atoms with Gasteiger partial charge in [0.1, 0.15) is 0 Å². The van der Waals surface area contributed by atoms with E-state index in [0.717, 1.165) is 12.1 Å². The first-order valence-corrected chi connectivity index (χ1v) is 6.81. The van der Waals surface area contributed by atoms with Gasteiger partial charge in [0.25, 0.3) is 0 Å². The molecule has 0 bridgehead atoms. The largest absolute Gasteiger partial charge is 0.481 e. The van der Waals surface area contributed by atoms with Crippen molar-refractivity contribution in [3.8, 4) is 0 Å². The Morgan fingerprint density at radius 3 is 2.45 bits per heavy atom. The SMILES string of the molecule is CCC1(C(=O)O)CCN(Cc2ccc(C(N)=O)cc2)C1. The van der Waals surface area contributed by atoms with Crippen molar-refractivity contribution in [2.24, 2.45) is 11.1 Å². The van der Waals surface area contributed by atoms with E-state index < -0.39 is 17.3 Å². The monoisotopic (exact) mass is 276 g/mol. The van der Waals surface area contributed by atoms with Crippen LogP contribution in [-0.2, 0) is 11.3 Å². The summed E-state index contributed by atoms with van der Waals surface area (Å²) in [6.45, 7) is 4.00. The van der Waals surface area contributed by atoms with Crippen LogP contribution in [0, 0.1) is 5.41 Å². The van der Waals surface area contributed by atoms with Gasteiger partial charge in [0.05, 0.1) is 5.41 Å². The third kappa shape index (κ3) is 2.82. The Morgan fingerprint density at radius 1 is 1.35 bits per heavy atom. The average molecular weight is 276 g/mol. The van der Waals surface area contributed by atoms with Gasteiger partial charge in [0.15, 0.2) is 0 Å². The summed E-state index contributed by atoms with van der Waals surface area (Å²) < 4.78 is 0. The molecule has 1 unspecified atom stereocenters. The van der Waals surface area contributed by atoms with Crippen molar-refractivity contribution >= 4 is 11.9 Å². The Labute approximate surface area is 118 Å². The minimum atomic E-state index is -0.702. The number of carbonyl (C=O) groups is 2. The summed E-state index contributed by atoms with van der Waals surface area (Å²) >= 11 is 0. The van der Waals surface area contributed by atoms with Crippen LogP contribution in [0.25, 0.3) is 0 Å². The predicted octanol–water partition coefficient (Wildman–Crippen LogP) is 1.47. The summed E-state index contributed by atoms with van der Waals surface area (Å²) in [5.41, 5.74) is 6.15. The Hall–Kier alpha value is -1.88. The zero-order valence-electron chi connectivity index (χ0n) is 11.6. The lowest BCUT2D eigenvalue weighted by Gasteiger charge is -2.23. The van der Waals surface area contributed by atoms with Gasteiger partial charge in [0.2, 0.25) is 5.91 Å². The summed E-state index contributed by atoms with van der Waals surface area (Å²) in [7, 11) is 0. The number of primary amides is 1. The lowest BCUT2D eigenvalue weighted by molar-refractivity contribution is -0.148. The fourth-order valence-electron chi connectivity index (χ4n) is 2.74. The number of likely N-dealkylation sites (tertiary alicyclic amines) is 1. The van der Waals surface area contributed by atoms with Gasteiger partial charge >= 0.3 is 5.97 Å². The van der Waals surface area contributed by atoms with Gasteiger partial charge in [-0.25, -0.2) is 0 Å². The second-order valence-electron chi connectivity index (χ2n) is 5.46. The van der Waals surface area contributed by atoms with Crippen LogP contribution >= 0.6 is 0 Å². The number of benzene rings is 1. The van der Waals surface area contributed by atoms with E-state index in [1.54, 1.807) is 12.1 Å². The summed E-state index contributed by atoms with van der Waals surface area (Å²) in [5, 5.41) is 9.37. The Morgan fingerprint density at radius 2 is 2.00 bits per heavy atom. The molecule has 1 aliphatic rings. The molecule has 1 amide bonds. The maximum Gasteiger partial charge on any atom is 0.310 e. The lowest BCUT2D eigenvalue weighted by atomic mass is 9.84. The summed E-state index contributed by atoms with van der Waals surface area (Å²) in [6, 6.07) is 7.15. The molecule has 1 heterocycles. The van der Waals surface area contributed by atoms with Crippen LogP contribution in [0.3, 0.4) is 0 Å². The van der Waals surface area contributed by atoms with E-state index in [9.17, 15) is 14.7 Å². The van der Waals surface area contributed by atoms with Gasteiger partial charge in [-0.2, -0.15) is 0 Å². The van der Waals surface area contributed by atoms with E-state index in [-0.39, 0.29) is 0 Å². The molecule has 2 rings (SSSR count). The highest BCUT2D eigenvalue weighted by Crippen LogP contribution is 2.34. The van der Waals surface area contributed by atoms with Gasteiger partial charge in [-0.1, -0.05) is 19.1 Å².